The van der Waals surface area contributed by atoms with E-state index < -0.39 is 0 Å². The number of piperidine rings is 1. The first-order chi connectivity index (χ1) is 8.72. The number of nitrogens with zero attached hydrogens (tertiary/aromatic N) is 2. The molecule has 0 spiro atoms. The van der Waals surface area contributed by atoms with Crippen LogP contribution in [0.4, 0.5) is 0 Å². The van der Waals surface area contributed by atoms with E-state index in [2.05, 4.69) is 23.6 Å². The lowest BCUT2D eigenvalue weighted by Crippen LogP contribution is -2.49. The number of fused-ring (bicyclic) bond motifs is 1. The number of hydrogen-bond acceptors (Lipinski definition) is 3. The standard InChI is InChI=1S/C15H30N2O/c1-13(2)15(12-18-3)17-10-6-9-16-8-5-4-7-14(16)11-17/h13-15H,4-12H2,1-3H3. The largest absolute Gasteiger partial charge is 0.383 e. The molecule has 0 aromatic rings. The first kappa shape index (κ1) is 14.3. The van der Waals surface area contributed by atoms with Crippen LogP contribution in [0.25, 0.3) is 0 Å². The van der Waals surface area contributed by atoms with Gasteiger partial charge in [-0.05, 0) is 44.8 Å². The second-order valence-electron chi connectivity index (χ2n) is 6.30. The van der Waals surface area contributed by atoms with Crippen molar-refractivity contribution in [3.63, 3.8) is 0 Å². The molecule has 0 aromatic carbocycles. The van der Waals surface area contributed by atoms with Crippen LogP contribution < -0.4 is 0 Å². The molecule has 0 aliphatic carbocycles. The van der Waals surface area contributed by atoms with Gasteiger partial charge < -0.3 is 4.74 Å². The van der Waals surface area contributed by atoms with Crippen molar-refractivity contribution in [2.24, 2.45) is 5.92 Å². The summed E-state index contributed by atoms with van der Waals surface area (Å²) in [6.07, 6.45) is 5.55. The highest BCUT2D eigenvalue weighted by atomic mass is 16.5. The summed E-state index contributed by atoms with van der Waals surface area (Å²) < 4.78 is 5.44. The predicted octanol–water partition coefficient (Wildman–Crippen LogP) is 2.22. The molecule has 2 aliphatic heterocycles. The van der Waals surface area contributed by atoms with E-state index in [-0.39, 0.29) is 0 Å². The van der Waals surface area contributed by atoms with E-state index >= 15 is 0 Å². The smallest absolute Gasteiger partial charge is 0.0620 e. The fraction of sp³-hybridized carbons (Fsp3) is 1.00. The predicted molar refractivity (Wildman–Crippen MR) is 75.9 cm³/mol. The Labute approximate surface area is 112 Å². The van der Waals surface area contributed by atoms with Crippen LogP contribution in [0, 0.1) is 5.92 Å². The fourth-order valence-electron chi connectivity index (χ4n) is 3.59. The number of ether oxygens (including phenoxy) is 1. The Morgan fingerprint density at radius 2 is 1.89 bits per heavy atom. The summed E-state index contributed by atoms with van der Waals surface area (Å²) in [4.78, 5) is 5.43. The molecule has 2 saturated heterocycles. The quantitative estimate of drug-likeness (QED) is 0.765. The SMILES string of the molecule is COCC(C(C)C)N1CCCN2CCCCC2C1. The third kappa shape index (κ3) is 3.46. The van der Waals surface area contributed by atoms with E-state index in [0.29, 0.717) is 12.0 Å². The van der Waals surface area contributed by atoms with Gasteiger partial charge in [0.1, 0.15) is 0 Å². The summed E-state index contributed by atoms with van der Waals surface area (Å²) in [5.41, 5.74) is 0. The van der Waals surface area contributed by atoms with Gasteiger partial charge in [0.05, 0.1) is 6.61 Å². The lowest BCUT2D eigenvalue weighted by Gasteiger charge is -2.38. The van der Waals surface area contributed by atoms with Gasteiger partial charge in [-0.15, -0.1) is 0 Å². The Hall–Kier alpha value is -0.120. The minimum atomic E-state index is 0.594. The summed E-state index contributed by atoms with van der Waals surface area (Å²) in [7, 11) is 1.83. The average Bonchev–Trinajstić information content (AvgIpc) is 2.57. The highest BCUT2D eigenvalue weighted by molar-refractivity contribution is 4.86. The van der Waals surface area contributed by atoms with Gasteiger partial charge in [-0.3, -0.25) is 9.80 Å². The monoisotopic (exact) mass is 254 g/mol. The summed E-state index contributed by atoms with van der Waals surface area (Å²) in [6.45, 7) is 10.7. The molecule has 3 nitrogen and oxygen atoms in total. The lowest BCUT2D eigenvalue weighted by molar-refractivity contribution is 0.0509. The molecule has 0 radical (unpaired) electrons. The Bertz CT molecular complexity index is 245. The highest BCUT2D eigenvalue weighted by Crippen LogP contribution is 2.23. The van der Waals surface area contributed by atoms with Crippen LogP contribution >= 0.6 is 0 Å². The first-order valence-corrected chi connectivity index (χ1v) is 7.69. The van der Waals surface area contributed by atoms with Crippen LogP contribution in [0.3, 0.4) is 0 Å². The maximum atomic E-state index is 5.44. The van der Waals surface area contributed by atoms with Crippen molar-refractivity contribution in [3.8, 4) is 0 Å². The Morgan fingerprint density at radius 1 is 1.11 bits per heavy atom. The second-order valence-corrected chi connectivity index (χ2v) is 6.30. The van der Waals surface area contributed by atoms with Gasteiger partial charge in [0.25, 0.3) is 0 Å². The van der Waals surface area contributed by atoms with Crippen molar-refractivity contribution in [2.75, 3.05) is 39.9 Å². The molecule has 2 aliphatic rings. The molecule has 0 saturated carbocycles. The van der Waals surface area contributed by atoms with Crippen molar-refractivity contribution in [3.05, 3.63) is 0 Å². The Balaban J connectivity index is 1.99. The van der Waals surface area contributed by atoms with E-state index in [4.69, 9.17) is 4.74 Å². The summed E-state index contributed by atoms with van der Waals surface area (Å²) in [5, 5.41) is 0. The van der Waals surface area contributed by atoms with E-state index in [0.717, 1.165) is 12.6 Å². The van der Waals surface area contributed by atoms with Crippen LogP contribution in [0.2, 0.25) is 0 Å². The highest BCUT2D eigenvalue weighted by Gasteiger charge is 2.31. The van der Waals surface area contributed by atoms with Crippen LogP contribution in [-0.2, 0) is 4.74 Å². The fourth-order valence-corrected chi connectivity index (χ4v) is 3.59. The van der Waals surface area contributed by atoms with Gasteiger partial charge in [0, 0.05) is 25.7 Å². The molecular weight excluding hydrogens is 224 g/mol. The molecule has 2 rings (SSSR count). The zero-order valence-electron chi connectivity index (χ0n) is 12.4. The number of methoxy groups -OCH3 is 1. The van der Waals surface area contributed by atoms with Crippen LogP contribution in [0.15, 0.2) is 0 Å². The van der Waals surface area contributed by atoms with Crippen molar-refractivity contribution in [2.45, 2.75) is 51.6 Å². The molecule has 18 heavy (non-hydrogen) atoms. The summed E-state index contributed by atoms with van der Waals surface area (Å²) >= 11 is 0. The third-order valence-electron chi connectivity index (χ3n) is 4.66. The molecular formula is C15H30N2O. The van der Waals surface area contributed by atoms with Gasteiger partial charge in [-0.2, -0.15) is 0 Å². The molecule has 2 atom stereocenters. The first-order valence-electron chi connectivity index (χ1n) is 7.69. The van der Waals surface area contributed by atoms with Crippen LogP contribution in [-0.4, -0.2) is 61.8 Å². The number of hydrogen-bond donors (Lipinski definition) is 0. The Kier molecular flexibility index (Phi) is 5.46. The van der Waals surface area contributed by atoms with Crippen molar-refractivity contribution in [1.29, 1.82) is 0 Å². The molecule has 0 aromatic heterocycles. The van der Waals surface area contributed by atoms with Gasteiger partial charge >= 0.3 is 0 Å². The molecule has 0 bridgehead atoms. The van der Waals surface area contributed by atoms with Gasteiger partial charge in [-0.25, -0.2) is 0 Å². The van der Waals surface area contributed by atoms with Crippen molar-refractivity contribution >= 4 is 0 Å². The third-order valence-corrected chi connectivity index (χ3v) is 4.66. The zero-order chi connectivity index (χ0) is 13.0. The molecule has 106 valence electrons. The van der Waals surface area contributed by atoms with Gasteiger partial charge in [-0.1, -0.05) is 20.3 Å². The maximum absolute atomic E-state index is 5.44. The minimum absolute atomic E-state index is 0.594. The number of rotatable bonds is 4. The normalized spacial score (nSPS) is 29.0. The molecule has 2 heterocycles. The zero-order valence-corrected chi connectivity index (χ0v) is 12.4. The lowest BCUT2D eigenvalue weighted by atomic mass is 9.99. The second kappa shape index (κ2) is 6.88. The van der Waals surface area contributed by atoms with Crippen molar-refractivity contribution in [1.82, 2.24) is 9.80 Å². The molecule has 0 N–H and O–H groups in total. The molecule has 2 fully saturated rings. The van der Waals surface area contributed by atoms with E-state index in [1.54, 1.807) is 0 Å². The van der Waals surface area contributed by atoms with Crippen molar-refractivity contribution < 1.29 is 4.74 Å². The average molecular weight is 254 g/mol. The summed E-state index contributed by atoms with van der Waals surface area (Å²) in [6, 6.07) is 1.40. The van der Waals surface area contributed by atoms with E-state index in [9.17, 15) is 0 Å². The Morgan fingerprint density at radius 3 is 2.61 bits per heavy atom. The van der Waals surface area contributed by atoms with Crippen LogP contribution in [0.1, 0.15) is 39.5 Å². The maximum Gasteiger partial charge on any atom is 0.0620 e. The topological polar surface area (TPSA) is 15.7 Å². The van der Waals surface area contributed by atoms with Gasteiger partial charge in [0.15, 0.2) is 0 Å². The molecule has 3 heteroatoms. The summed E-state index contributed by atoms with van der Waals surface area (Å²) in [5.74, 6) is 0.681. The van der Waals surface area contributed by atoms with Crippen LogP contribution in [0.5, 0.6) is 0 Å². The van der Waals surface area contributed by atoms with E-state index in [1.165, 1.54) is 51.9 Å². The molecule has 0 amide bonds. The minimum Gasteiger partial charge on any atom is -0.383 e. The molecule has 2 unspecified atom stereocenters. The van der Waals surface area contributed by atoms with E-state index in [1.807, 2.05) is 7.11 Å². The van der Waals surface area contributed by atoms with Gasteiger partial charge in [0.2, 0.25) is 0 Å².